The molecule has 0 saturated heterocycles. The lowest BCUT2D eigenvalue weighted by Gasteiger charge is -2.15. The van der Waals surface area contributed by atoms with Crippen molar-refractivity contribution in [3.05, 3.63) is 47.5 Å². The van der Waals surface area contributed by atoms with Gasteiger partial charge in [0.2, 0.25) is 5.82 Å². The van der Waals surface area contributed by atoms with E-state index in [0.717, 1.165) is 5.56 Å². The number of benzene rings is 2. The molecule has 0 fully saturated rings. The topological polar surface area (TPSA) is 91.2 Å². The van der Waals surface area contributed by atoms with E-state index in [9.17, 15) is 4.79 Å². The fraction of sp³-hybridized carbons (Fsp3) is 0.263. The Morgan fingerprint density at radius 2 is 1.86 bits per heavy atom. The number of ether oxygens (including phenoxy) is 2. The van der Waals surface area contributed by atoms with Crippen LogP contribution in [0.4, 0.5) is 5.69 Å². The maximum Gasteiger partial charge on any atom is 0.251 e. The van der Waals surface area contributed by atoms with Crippen LogP contribution in [0.1, 0.15) is 19.4 Å². The Labute approximate surface area is 167 Å². The average Bonchev–Trinajstić information content (AvgIpc) is 3.18. The van der Waals surface area contributed by atoms with Crippen LogP contribution < -0.4 is 14.8 Å². The fourth-order valence-corrected chi connectivity index (χ4v) is 2.79. The van der Waals surface area contributed by atoms with E-state index in [1.165, 1.54) is 11.9 Å². The second-order valence-corrected chi connectivity index (χ2v) is 6.36. The molecule has 3 aromatic rings. The quantitative estimate of drug-likeness (QED) is 0.650. The fourth-order valence-electron chi connectivity index (χ4n) is 2.66. The minimum atomic E-state index is -0.610. The molecule has 1 aromatic heterocycles. The largest absolute Gasteiger partial charge is 0.493 e. The minimum Gasteiger partial charge on any atom is -0.493 e. The van der Waals surface area contributed by atoms with Crippen molar-refractivity contribution in [2.24, 2.45) is 0 Å². The zero-order chi connectivity index (χ0) is 20.1. The molecule has 1 amide bonds. The molecule has 0 aliphatic heterocycles. The summed E-state index contributed by atoms with van der Waals surface area (Å²) in [5.74, 6) is 1.28. The third kappa shape index (κ3) is 4.23. The lowest BCUT2D eigenvalue weighted by Crippen LogP contribution is -2.27. The summed E-state index contributed by atoms with van der Waals surface area (Å²) in [6.45, 7) is 1.88. The first-order chi connectivity index (χ1) is 13.5. The summed E-state index contributed by atoms with van der Waals surface area (Å²) in [7, 11) is 3.09. The van der Waals surface area contributed by atoms with Crippen molar-refractivity contribution < 1.29 is 14.3 Å². The first-order valence-electron chi connectivity index (χ1n) is 8.64. The van der Waals surface area contributed by atoms with Crippen LogP contribution in [0.25, 0.3) is 11.4 Å². The molecule has 0 bridgehead atoms. The molecule has 0 aliphatic carbocycles. The Hall–Kier alpha value is -3.13. The summed E-state index contributed by atoms with van der Waals surface area (Å²) in [5.41, 5.74) is 1.35. The molecule has 0 unspecified atom stereocenters. The third-order valence-corrected chi connectivity index (χ3v) is 4.40. The Kier molecular flexibility index (Phi) is 6.10. The van der Waals surface area contributed by atoms with E-state index in [-0.39, 0.29) is 5.91 Å². The van der Waals surface area contributed by atoms with Crippen molar-refractivity contribution in [1.29, 1.82) is 0 Å². The van der Waals surface area contributed by atoms with Gasteiger partial charge in [0.05, 0.1) is 14.2 Å². The lowest BCUT2D eigenvalue weighted by molar-refractivity contribution is -0.119. The number of tetrazole rings is 1. The molecule has 146 valence electrons. The standard InChI is InChI=1S/C19H20ClN5O3/c1-4-15(19(26)21-14-9-10-16(27-2)17(11-14)28-3)25-23-18(22-24-25)12-5-7-13(20)8-6-12/h5-11,15H,4H2,1-3H3,(H,21,26)/t15-/m1/s1. The van der Waals surface area contributed by atoms with Gasteiger partial charge in [-0.15, -0.1) is 10.2 Å². The molecular formula is C19H20ClN5O3. The van der Waals surface area contributed by atoms with Crippen LogP contribution in [0.5, 0.6) is 11.5 Å². The van der Waals surface area contributed by atoms with Crippen LogP contribution in [0.2, 0.25) is 5.02 Å². The third-order valence-electron chi connectivity index (χ3n) is 4.15. The van der Waals surface area contributed by atoms with Crippen LogP contribution in [-0.4, -0.2) is 40.3 Å². The molecule has 9 heteroatoms. The number of carbonyl (C=O) groups excluding carboxylic acids is 1. The highest BCUT2D eigenvalue weighted by Gasteiger charge is 2.22. The number of hydrogen-bond acceptors (Lipinski definition) is 6. The Morgan fingerprint density at radius 3 is 2.50 bits per heavy atom. The van der Waals surface area contributed by atoms with E-state index in [1.54, 1.807) is 49.6 Å². The number of anilines is 1. The zero-order valence-electron chi connectivity index (χ0n) is 15.7. The molecule has 1 atom stereocenters. The van der Waals surface area contributed by atoms with E-state index >= 15 is 0 Å². The van der Waals surface area contributed by atoms with Gasteiger partial charge in [0.15, 0.2) is 17.5 Å². The molecule has 3 rings (SSSR count). The molecule has 1 heterocycles. The first kappa shape index (κ1) is 19.6. The number of amides is 1. The number of halogens is 1. The van der Waals surface area contributed by atoms with Crippen molar-refractivity contribution >= 4 is 23.2 Å². The van der Waals surface area contributed by atoms with Crippen molar-refractivity contribution in [1.82, 2.24) is 20.2 Å². The van der Waals surface area contributed by atoms with Crippen LogP contribution in [0.3, 0.4) is 0 Å². The summed E-state index contributed by atoms with van der Waals surface area (Å²) in [4.78, 5) is 14.1. The molecule has 2 aromatic carbocycles. The highest BCUT2D eigenvalue weighted by atomic mass is 35.5. The maximum atomic E-state index is 12.8. The van der Waals surface area contributed by atoms with Crippen LogP contribution in [0, 0.1) is 0 Å². The number of carbonyl (C=O) groups is 1. The van der Waals surface area contributed by atoms with Gasteiger partial charge >= 0.3 is 0 Å². The van der Waals surface area contributed by atoms with Gasteiger partial charge in [-0.25, -0.2) is 0 Å². The predicted molar refractivity (Wildman–Crippen MR) is 106 cm³/mol. The molecule has 28 heavy (non-hydrogen) atoms. The Bertz CT molecular complexity index is 958. The summed E-state index contributed by atoms with van der Waals surface area (Å²) < 4.78 is 10.5. The summed E-state index contributed by atoms with van der Waals surface area (Å²) in [6.07, 6.45) is 0.496. The molecule has 0 radical (unpaired) electrons. The van der Waals surface area contributed by atoms with Gasteiger partial charge in [-0.1, -0.05) is 18.5 Å². The van der Waals surface area contributed by atoms with E-state index in [1.807, 2.05) is 6.92 Å². The monoisotopic (exact) mass is 401 g/mol. The van der Waals surface area contributed by atoms with Gasteiger partial charge in [0, 0.05) is 22.3 Å². The summed E-state index contributed by atoms with van der Waals surface area (Å²) in [5, 5.41) is 15.9. The van der Waals surface area contributed by atoms with E-state index in [2.05, 4.69) is 20.7 Å². The number of hydrogen-bond donors (Lipinski definition) is 1. The number of methoxy groups -OCH3 is 2. The zero-order valence-corrected chi connectivity index (χ0v) is 16.5. The summed E-state index contributed by atoms with van der Waals surface area (Å²) >= 11 is 5.91. The van der Waals surface area contributed by atoms with Gasteiger partial charge in [-0.2, -0.15) is 4.80 Å². The molecule has 8 nitrogen and oxygen atoms in total. The lowest BCUT2D eigenvalue weighted by atomic mass is 10.2. The number of nitrogens with zero attached hydrogens (tertiary/aromatic N) is 4. The van der Waals surface area contributed by atoms with Crippen LogP contribution in [-0.2, 0) is 4.79 Å². The minimum absolute atomic E-state index is 0.255. The van der Waals surface area contributed by atoms with Crippen molar-refractivity contribution in [2.75, 3.05) is 19.5 Å². The van der Waals surface area contributed by atoms with Crippen molar-refractivity contribution in [3.8, 4) is 22.9 Å². The molecule has 1 N–H and O–H groups in total. The second kappa shape index (κ2) is 8.71. The van der Waals surface area contributed by atoms with Crippen LogP contribution in [0.15, 0.2) is 42.5 Å². The van der Waals surface area contributed by atoms with Gasteiger partial charge in [-0.05, 0) is 48.0 Å². The predicted octanol–water partition coefficient (Wildman–Crippen LogP) is 3.60. The van der Waals surface area contributed by atoms with E-state index in [4.69, 9.17) is 21.1 Å². The number of rotatable bonds is 7. The maximum absolute atomic E-state index is 12.8. The van der Waals surface area contributed by atoms with E-state index < -0.39 is 6.04 Å². The SMILES string of the molecule is CC[C@H](C(=O)Nc1ccc(OC)c(OC)c1)n1nnc(-c2ccc(Cl)cc2)n1. The highest BCUT2D eigenvalue weighted by molar-refractivity contribution is 6.30. The Balaban J connectivity index is 1.78. The van der Waals surface area contributed by atoms with Gasteiger partial charge < -0.3 is 14.8 Å². The number of aromatic nitrogens is 4. The molecule has 0 aliphatic rings. The highest BCUT2D eigenvalue weighted by Crippen LogP contribution is 2.30. The van der Waals surface area contributed by atoms with Gasteiger partial charge in [-0.3, -0.25) is 4.79 Å². The van der Waals surface area contributed by atoms with E-state index in [0.29, 0.717) is 34.5 Å². The normalized spacial score (nSPS) is 11.7. The first-order valence-corrected chi connectivity index (χ1v) is 9.01. The van der Waals surface area contributed by atoms with Gasteiger partial charge in [0.25, 0.3) is 5.91 Å². The second-order valence-electron chi connectivity index (χ2n) is 5.92. The molecular weight excluding hydrogens is 382 g/mol. The average molecular weight is 402 g/mol. The number of nitrogens with one attached hydrogen (secondary N) is 1. The van der Waals surface area contributed by atoms with Gasteiger partial charge in [0.1, 0.15) is 0 Å². The smallest absolute Gasteiger partial charge is 0.251 e. The van der Waals surface area contributed by atoms with Crippen LogP contribution >= 0.6 is 11.6 Å². The summed E-state index contributed by atoms with van der Waals surface area (Å²) in [6, 6.07) is 11.6. The molecule has 0 saturated carbocycles. The van der Waals surface area contributed by atoms with Crippen molar-refractivity contribution in [3.63, 3.8) is 0 Å². The Morgan fingerprint density at radius 1 is 1.14 bits per heavy atom. The van der Waals surface area contributed by atoms with Crippen molar-refractivity contribution in [2.45, 2.75) is 19.4 Å². The molecule has 0 spiro atoms.